The molecule has 16 heavy (non-hydrogen) atoms. The smallest absolute Gasteiger partial charge is 0.354 e. The van der Waals surface area contributed by atoms with Crippen molar-refractivity contribution in [3.63, 3.8) is 0 Å². The number of fused-ring (bicyclic) bond motifs is 1. The summed E-state index contributed by atoms with van der Waals surface area (Å²) >= 11 is 0. The highest BCUT2D eigenvalue weighted by Crippen LogP contribution is 2.22. The molecule has 2 aromatic rings. The molecule has 1 N–H and O–H groups in total. The second kappa shape index (κ2) is 3.26. The van der Waals surface area contributed by atoms with E-state index in [9.17, 15) is 4.79 Å². The first-order valence-corrected chi connectivity index (χ1v) is 4.84. The summed E-state index contributed by atoms with van der Waals surface area (Å²) in [4.78, 5) is 18.7. The molecule has 2 rings (SSSR count). The van der Waals surface area contributed by atoms with Crippen molar-refractivity contribution in [2.75, 3.05) is 0 Å². The zero-order chi connectivity index (χ0) is 11.9. The fourth-order valence-electron chi connectivity index (χ4n) is 1.46. The Morgan fingerprint density at radius 3 is 2.69 bits per heavy atom. The van der Waals surface area contributed by atoms with E-state index in [1.54, 1.807) is 4.52 Å². The fourth-order valence-corrected chi connectivity index (χ4v) is 1.46. The Balaban J connectivity index is 2.79. The van der Waals surface area contributed by atoms with E-state index in [0.29, 0.717) is 5.78 Å². The van der Waals surface area contributed by atoms with Crippen molar-refractivity contribution in [1.29, 1.82) is 0 Å². The molecule has 0 aliphatic heterocycles. The molecule has 0 fully saturated rings. The van der Waals surface area contributed by atoms with Gasteiger partial charge in [0, 0.05) is 5.41 Å². The van der Waals surface area contributed by atoms with E-state index in [0.717, 1.165) is 5.69 Å². The summed E-state index contributed by atoms with van der Waals surface area (Å²) in [6.45, 7) is 5.94. The third-order valence-electron chi connectivity index (χ3n) is 2.24. The average molecular weight is 220 g/mol. The number of rotatable bonds is 1. The molecule has 2 heterocycles. The minimum atomic E-state index is -1.06. The number of aromatic carboxylic acids is 1. The van der Waals surface area contributed by atoms with Crippen LogP contribution in [-0.2, 0) is 5.41 Å². The van der Waals surface area contributed by atoms with Crippen LogP contribution in [0.4, 0.5) is 0 Å². The van der Waals surface area contributed by atoms with Crippen molar-refractivity contribution in [3.05, 3.63) is 23.8 Å². The first-order valence-electron chi connectivity index (χ1n) is 4.84. The zero-order valence-corrected chi connectivity index (χ0v) is 9.30. The molecule has 0 saturated carbocycles. The van der Waals surface area contributed by atoms with Gasteiger partial charge in [-0.1, -0.05) is 20.8 Å². The largest absolute Gasteiger partial charge is 0.477 e. The number of hydrogen-bond donors (Lipinski definition) is 1. The van der Waals surface area contributed by atoms with Crippen molar-refractivity contribution in [3.8, 4) is 0 Å². The summed E-state index contributed by atoms with van der Waals surface area (Å²) in [5.74, 6) is -0.749. The Hall–Kier alpha value is -1.98. The molecule has 84 valence electrons. The van der Waals surface area contributed by atoms with Crippen LogP contribution in [0.15, 0.2) is 12.4 Å². The third-order valence-corrected chi connectivity index (χ3v) is 2.24. The Morgan fingerprint density at radius 2 is 2.12 bits per heavy atom. The van der Waals surface area contributed by atoms with Crippen LogP contribution >= 0.6 is 0 Å². The molecule has 0 spiro atoms. The molecule has 6 nitrogen and oxygen atoms in total. The van der Waals surface area contributed by atoms with Crippen LogP contribution < -0.4 is 0 Å². The van der Waals surface area contributed by atoms with Gasteiger partial charge in [-0.2, -0.15) is 10.1 Å². The molecule has 0 atom stereocenters. The van der Waals surface area contributed by atoms with Crippen LogP contribution in [0.2, 0.25) is 0 Å². The number of hydrogen-bond acceptors (Lipinski definition) is 4. The second-order valence-electron chi connectivity index (χ2n) is 4.55. The molecule has 0 aliphatic rings. The van der Waals surface area contributed by atoms with Crippen LogP contribution in [0.3, 0.4) is 0 Å². The van der Waals surface area contributed by atoms with Gasteiger partial charge in [0.15, 0.2) is 5.69 Å². The van der Waals surface area contributed by atoms with Gasteiger partial charge in [-0.15, -0.1) is 0 Å². The Kier molecular flexibility index (Phi) is 2.15. The van der Waals surface area contributed by atoms with E-state index in [-0.39, 0.29) is 11.1 Å². The lowest BCUT2D eigenvalue weighted by Gasteiger charge is -2.19. The molecule has 0 amide bonds. The lowest BCUT2D eigenvalue weighted by molar-refractivity contribution is 0.0690. The second-order valence-corrected chi connectivity index (χ2v) is 4.55. The standard InChI is InChI=1S/C10H12N4O2/c1-10(2,3)7-4-6(8(15)16)13-9-11-5-12-14(7)9/h4-5H,1-3H3,(H,15,16). The predicted octanol–water partition coefficient (Wildman–Crippen LogP) is 1.12. The molecule has 0 bridgehead atoms. The Labute approximate surface area is 92.0 Å². The van der Waals surface area contributed by atoms with E-state index in [1.807, 2.05) is 20.8 Å². The van der Waals surface area contributed by atoms with Gasteiger partial charge in [-0.05, 0) is 6.07 Å². The normalized spacial score (nSPS) is 11.9. The van der Waals surface area contributed by atoms with Crippen LogP contribution in [-0.4, -0.2) is 30.7 Å². The van der Waals surface area contributed by atoms with E-state index in [4.69, 9.17) is 5.11 Å². The molecule has 2 aromatic heterocycles. The van der Waals surface area contributed by atoms with Gasteiger partial charge in [0.25, 0.3) is 5.78 Å². The first kappa shape index (κ1) is 10.5. The molecule has 0 saturated heterocycles. The zero-order valence-electron chi connectivity index (χ0n) is 9.30. The highest BCUT2D eigenvalue weighted by atomic mass is 16.4. The molecule has 0 aromatic carbocycles. The van der Waals surface area contributed by atoms with Crippen molar-refractivity contribution >= 4 is 11.7 Å². The predicted molar refractivity (Wildman–Crippen MR) is 56.4 cm³/mol. The Morgan fingerprint density at radius 1 is 1.44 bits per heavy atom. The minimum absolute atomic E-state index is 0.00887. The molecular formula is C10H12N4O2. The van der Waals surface area contributed by atoms with Crippen LogP contribution in [0.25, 0.3) is 5.78 Å². The van der Waals surface area contributed by atoms with Gasteiger partial charge in [0.2, 0.25) is 0 Å². The molecule has 0 radical (unpaired) electrons. The molecule has 0 aliphatic carbocycles. The Bertz CT molecular complexity index is 553. The highest BCUT2D eigenvalue weighted by Gasteiger charge is 2.21. The van der Waals surface area contributed by atoms with Gasteiger partial charge in [-0.3, -0.25) is 0 Å². The maximum Gasteiger partial charge on any atom is 0.354 e. The summed E-state index contributed by atoms with van der Waals surface area (Å²) in [6.07, 6.45) is 1.36. The monoisotopic (exact) mass is 220 g/mol. The fraction of sp³-hybridized carbons (Fsp3) is 0.400. The number of nitrogens with zero attached hydrogens (tertiary/aromatic N) is 4. The first-order chi connectivity index (χ1) is 7.39. The van der Waals surface area contributed by atoms with Crippen molar-refractivity contribution in [2.45, 2.75) is 26.2 Å². The molecule has 0 unspecified atom stereocenters. The summed E-state index contributed by atoms with van der Waals surface area (Å²) in [6, 6.07) is 1.53. The molecular weight excluding hydrogens is 208 g/mol. The summed E-state index contributed by atoms with van der Waals surface area (Å²) < 4.78 is 1.56. The van der Waals surface area contributed by atoms with Crippen LogP contribution in [0, 0.1) is 0 Å². The number of aromatic nitrogens is 4. The van der Waals surface area contributed by atoms with Gasteiger partial charge in [-0.25, -0.2) is 14.3 Å². The van der Waals surface area contributed by atoms with E-state index in [2.05, 4.69) is 15.1 Å². The quantitative estimate of drug-likeness (QED) is 0.778. The summed E-state index contributed by atoms with van der Waals surface area (Å²) in [5, 5.41) is 13.0. The van der Waals surface area contributed by atoms with Gasteiger partial charge in [0.1, 0.15) is 6.33 Å². The van der Waals surface area contributed by atoms with E-state index in [1.165, 1.54) is 12.4 Å². The minimum Gasteiger partial charge on any atom is -0.477 e. The topological polar surface area (TPSA) is 80.4 Å². The number of carboxylic acid groups (broad SMARTS) is 1. The molecule has 6 heteroatoms. The SMILES string of the molecule is CC(C)(C)c1cc(C(=O)O)nc2ncnn12. The number of carbonyl (C=O) groups is 1. The lowest BCUT2D eigenvalue weighted by Crippen LogP contribution is -2.19. The summed E-state index contributed by atoms with van der Waals surface area (Å²) in [5.41, 5.74) is 0.539. The van der Waals surface area contributed by atoms with Crippen molar-refractivity contribution < 1.29 is 9.90 Å². The third kappa shape index (κ3) is 1.62. The van der Waals surface area contributed by atoms with E-state index < -0.39 is 5.97 Å². The lowest BCUT2D eigenvalue weighted by atomic mass is 9.91. The van der Waals surface area contributed by atoms with E-state index >= 15 is 0 Å². The van der Waals surface area contributed by atoms with Crippen LogP contribution in [0.5, 0.6) is 0 Å². The number of carboxylic acids is 1. The summed E-state index contributed by atoms with van der Waals surface area (Å²) in [7, 11) is 0. The average Bonchev–Trinajstić information content (AvgIpc) is 2.61. The van der Waals surface area contributed by atoms with Crippen molar-refractivity contribution in [2.24, 2.45) is 0 Å². The maximum atomic E-state index is 10.9. The van der Waals surface area contributed by atoms with Gasteiger partial charge >= 0.3 is 5.97 Å². The van der Waals surface area contributed by atoms with Gasteiger partial charge in [0.05, 0.1) is 5.69 Å². The highest BCUT2D eigenvalue weighted by molar-refractivity contribution is 5.85. The maximum absolute atomic E-state index is 10.9. The van der Waals surface area contributed by atoms with Crippen molar-refractivity contribution in [1.82, 2.24) is 19.6 Å². The van der Waals surface area contributed by atoms with Gasteiger partial charge < -0.3 is 5.11 Å². The van der Waals surface area contributed by atoms with Crippen LogP contribution in [0.1, 0.15) is 37.0 Å².